The second-order valence-corrected chi connectivity index (χ2v) is 6.97. The van der Waals surface area contributed by atoms with Gasteiger partial charge in [0.25, 0.3) is 0 Å². The highest BCUT2D eigenvalue weighted by Gasteiger charge is 2.24. The molecule has 6 nitrogen and oxygen atoms in total. The summed E-state index contributed by atoms with van der Waals surface area (Å²) in [6.07, 6.45) is -0.648. The molecule has 1 amide bonds. The fraction of sp³-hybridized carbons (Fsp3) is 0.545. The van der Waals surface area contributed by atoms with Gasteiger partial charge in [-0.15, -0.1) is 11.3 Å². The van der Waals surface area contributed by atoms with Crippen LogP contribution in [0.15, 0.2) is 9.30 Å². The average Bonchev–Trinajstić information content (AvgIpc) is 2.60. The molecule has 1 unspecified atom stereocenters. The first kappa shape index (κ1) is 15.9. The first-order chi connectivity index (χ1) is 8.67. The molecule has 2 N–H and O–H groups in total. The van der Waals surface area contributed by atoms with Crippen LogP contribution >= 0.6 is 27.3 Å². The minimum Gasteiger partial charge on any atom is -0.480 e. The number of hydrogen-bond donors (Lipinski definition) is 2. The third kappa shape index (κ3) is 6.02. The molecule has 0 aromatic carbocycles. The Morgan fingerprint density at radius 3 is 2.63 bits per heavy atom. The Labute approximate surface area is 123 Å². The number of rotatable bonds is 4. The Morgan fingerprint density at radius 1 is 1.58 bits per heavy atom. The monoisotopic (exact) mass is 350 g/mol. The van der Waals surface area contributed by atoms with Gasteiger partial charge in [0.05, 0.1) is 5.69 Å². The van der Waals surface area contributed by atoms with E-state index in [1.165, 1.54) is 11.3 Å². The van der Waals surface area contributed by atoms with Crippen molar-refractivity contribution in [3.05, 3.63) is 15.0 Å². The van der Waals surface area contributed by atoms with Crippen molar-refractivity contribution in [3.63, 3.8) is 0 Å². The summed E-state index contributed by atoms with van der Waals surface area (Å²) in [4.78, 5) is 26.7. The summed E-state index contributed by atoms with van der Waals surface area (Å²) < 4.78 is 5.69. The molecular weight excluding hydrogens is 336 g/mol. The van der Waals surface area contributed by atoms with Crippen LogP contribution in [0.5, 0.6) is 0 Å². The molecule has 0 saturated carbocycles. The van der Waals surface area contributed by atoms with Crippen LogP contribution in [0.4, 0.5) is 4.79 Å². The van der Waals surface area contributed by atoms with E-state index in [-0.39, 0.29) is 6.42 Å². The van der Waals surface area contributed by atoms with Gasteiger partial charge < -0.3 is 15.2 Å². The molecule has 1 atom stereocenters. The van der Waals surface area contributed by atoms with E-state index in [0.717, 1.165) is 0 Å². The Bertz CT molecular complexity index is 470. The van der Waals surface area contributed by atoms with Crippen LogP contribution in [-0.4, -0.2) is 33.8 Å². The predicted octanol–water partition coefficient (Wildman–Crippen LogP) is 2.43. The molecule has 19 heavy (non-hydrogen) atoms. The highest BCUT2D eigenvalue weighted by atomic mass is 79.9. The molecule has 0 fully saturated rings. The van der Waals surface area contributed by atoms with Crippen molar-refractivity contribution in [3.8, 4) is 0 Å². The van der Waals surface area contributed by atoms with Gasteiger partial charge in [-0.1, -0.05) is 0 Å². The van der Waals surface area contributed by atoms with E-state index in [1.54, 1.807) is 26.2 Å². The Kier molecular flexibility index (Phi) is 5.30. The fourth-order valence-electron chi connectivity index (χ4n) is 1.24. The van der Waals surface area contributed by atoms with Gasteiger partial charge in [0, 0.05) is 11.8 Å². The number of halogens is 1. The summed E-state index contributed by atoms with van der Waals surface area (Å²) >= 11 is 4.55. The van der Waals surface area contributed by atoms with E-state index >= 15 is 0 Å². The smallest absolute Gasteiger partial charge is 0.408 e. The molecule has 0 spiro atoms. The summed E-state index contributed by atoms with van der Waals surface area (Å²) in [7, 11) is 0. The van der Waals surface area contributed by atoms with Gasteiger partial charge in [-0.3, -0.25) is 0 Å². The maximum atomic E-state index is 11.5. The van der Waals surface area contributed by atoms with Gasteiger partial charge in [-0.25, -0.2) is 14.6 Å². The van der Waals surface area contributed by atoms with Gasteiger partial charge >= 0.3 is 12.1 Å². The van der Waals surface area contributed by atoms with E-state index in [9.17, 15) is 9.59 Å². The highest BCUT2D eigenvalue weighted by Crippen LogP contribution is 2.17. The van der Waals surface area contributed by atoms with Crippen molar-refractivity contribution < 1.29 is 19.4 Å². The molecule has 8 heteroatoms. The third-order valence-corrected chi connectivity index (χ3v) is 3.34. The number of carboxylic acid groups (broad SMARTS) is 1. The molecule has 1 heterocycles. The quantitative estimate of drug-likeness (QED) is 0.870. The number of carboxylic acids is 1. The fourth-order valence-corrected chi connectivity index (χ4v) is 2.30. The molecule has 106 valence electrons. The summed E-state index contributed by atoms with van der Waals surface area (Å²) in [6, 6.07) is -1.07. The number of nitrogens with one attached hydrogen (secondary N) is 1. The van der Waals surface area contributed by atoms with Gasteiger partial charge in [0.15, 0.2) is 3.92 Å². The van der Waals surface area contributed by atoms with Crippen molar-refractivity contribution in [2.45, 2.75) is 38.8 Å². The summed E-state index contributed by atoms with van der Waals surface area (Å²) in [5, 5.41) is 13.1. The molecule has 0 aliphatic carbocycles. The van der Waals surface area contributed by atoms with Gasteiger partial charge in [-0.2, -0.15) is 0 Å². The SMILES string of the molecule is CC(C)(C)OC(=O)NC(Cc1csc(Br)n1)C(=O)O. The van der Waals surface area contributed by atoms with Crippen molar-refractivity contribution in [2.24, 2.45) is 0 Å². The second kappa shape index (κ2) is 6.33. The Morgan fingerprint density at radius 2 is 2.21 bits per heavy atom. The molecular formula is C11H15BrN2O4S. The largest absolute Gasteiger partial charge is 0.480 e. The van der Waals surface area contributed by atoms with Crippen molar-refractivity contribution in [2.75, 3.05) is 0 Å². The zero-order valence-electron chi connectivity index (χ0n) is 10.8. The maximum Gasteiger partial charge on any atom is 0.408 e. The number of carbonyl (C=O) groups excluding carboxylic acids is 1. The van der Waals surface area contributed by atoms with Crippen molar-refractivity contribution in [1.82, 2.24) is 10.3 Å². The average molecular weight is 351 g/mol. The molecule has 0 radical (unpaired) electrons. The summed E-state index contributed by atoms with van der Waals surface area (Å²) in [5.74, 6) is -1.13. The van der Waals surface area contributed by atoms with Crippen LogP contribution in [0, 0.1) is 0 Å². The van der Waals surface area contributed by atoms with Crippen LogP contribution in [0.3, 0.4) is 0 Å². The Hall–Kier alpha value is -1.15. The number of nitrogens with zero attached hydrogens (tertiary/aromatic N) is 1. The minimum absolute atomic E-state index is 0.108. The normalized spacial score (nSPS) is 12.8. The number of hydrogen-bond acceptors (Lipinski definition) is 5. The number of thiazole rings is 1. The number of carbonyl (C=O) groups is 2. The highest BCUT2D eigenvalue weighted by molar-refractivity contribution is 9.11. The molecule has 1 aromatic heterocycles. The van der Waals surface area contributed by atoms with Crippen LogP contribution < -0.4 is 5.32 Å². The number of aromatic nitrogens is 1. The number of ether oxygens (including phenoxy) is 1. The lowest BCUT2D eigenvalue weighted by molar-refractivity contribution is -0.139. The third-order valence-electron chi connectivity index (χ3n) is 1.93. The lowest BCUT2D eigenvalue weighted by Gasteiger charge is -2.21. The Balaban J connectivity index is 2.63. The first-order valence-electron chi connectivity index (χ1n) is 5.49. The molecule has 1 rings (SSSR count). The van der Waals surface area contributed by atoms with Crippen molar-refractivity contribution in [1.29, 1.82) is 0 Å². The van der Waals surface area contributed by atoms with E-state index in [2.05, 4.69) is 26.2 Å². The molecule has 0 bridgehead atoms. The summed E-state index contributed by atoms with van der Waals surface area (Å²) in [5.41, 5.74) is -0.0723. The van der Waals surface area contributed by atoms with Gasteiger partial charge in [0.1, 0.15) is 11.6 Å². The topological polar surface area (TPSA) is 88.5 Å². The van der Waals surface area contributed by atoms with Gasteiger partial charge in [-0.05, 0) is 36.7 Å². The second-order valence-electron chi connectivity index (χ2n) is 4.83. The van der Waals surface area contributed by atoms with E-state index in [0.29, 0.717) is 9.61 Å². The molecule has 0 aliphatic rings. The van der Waals surface area contributed by atoms with E-state index < -0.39 is 23.7 Å². The lowest BCUT2D eigenvalue weighted by Crippen LogP contribution is -2.44. The zero-order chi connectivity index (χ0) is 14.6. The molecule has 0 aliphatic heterocycles. The molecule has 1 aromatic rings. The van der Waals surface area contributed by atoms with E-state index in [1.807, 2.05) is 0 Å². The maximum absolute atomic E-state index is 11.5. The molecule has 0 saturated heterocycles. The zero-order valence-corrected chi connectivity index (χ0v) is 13.2. The van der Waals surface area contributed by atoms with Gasteiger partial charge in [0.2, 0.25) is 0 Å². The number of amides is 1. The van der Waals surface area contributed by atoms with Crippen molar-refractivity contribution >= 4 is 39.3 Å². The lowest BCUT2D eigenvalue weighted by atomic mass is 10.2. The summed E-state index contributed by atoms with van der Waals surface area (Å²) in [6.45, 7) is 5.12. The van der Waals surface area contributed by atoms with Crippen LogP contribution in [0.1, 0.15) is 26.5 Å². The van der Waals surface area contributed by atoms with Crippen LogP contribution in [0.25, 0.3) is 0 Å². The first-order valence-corrected chi connectivity index (χ1v) is 7.17. The van der Waals surface area contributed by atoms with Crippen LogP contribution in [0.2, 0.25) is 0 Å². The number of aliphatic carboxylic acids is 1. The van der Waals surface area contributed by atoms with E-state index in [4.69, 9.17) is 9.84 Å². The standard InChI is InChI=1S/C11H15BrN2O4S/c1-11(2,3)18-10(17)14-7(8(15)16)4-6-5-19-9(12)13-6/h5,7H,4H2,1-3H3,(H,14,17)(H,15,16). The number of alkyl carbamates (subject to hydrolysis) is 1. The van der Waals surface area contributed by atoms with Crippen LogP contribution in [-0.2, 0) is 16.0 Å². The minimum atomic E-state index is -1.13. The predicted molar refractivity (Wildman–Crippen MR) is 74.3 cm³/mol.